The highest BCUT2D eigenvalue weighted by atomic mass is 35.5. The van der Waals surface area contributed by atoms with Crippen molar-refractivity contribution < 1.29 is 13.2 Å². The van der Waals surface area contributed by atoms with Crippen molar-refractivity contribution in [1.29, 1.82) is 0 Å². The van der Waals surface area contributed by atoms with Crippen LogP contribution in [0.1, 0.15) is 28.2 Å². The van der Waals surface area contributed by atoms with E-state index in [2.05, 4.69) is 5.32 Å². The molecule has 4 rings (SSSR count). The van der Waals surface area contributed by atoms with Crippen LogP contribution in [0.15, 0.2) is 83.8 Å². The summed E-state index contributed by atoms with van der Waals surface area (Å²) in [6.45, 7) is 1.94. The summed E-state index contributed by atoms with van der Waals surface area (Å²) < 4.78 is 28.1. The Morgan fingerprint density at radius 1 is 1.00 bits per heavy atom. The third-order valence-electron chi connectivity index (χ3n) is 5.21. The van der Waals surface area contributed by atoms with Gasteiger partial charge >= 0.3 is 0 Å². The van der Waals surface area contributed by atoms with E-state index in [9.17, 15) is 13.2 Å². The fraction of sp³-hybridized carbons (Fsp3) is 0.125. The van der Waals surface area contributed by atoms with E-state index in [4.69, 9.17) is 11.6 Å². The first-order valence-corrected chi connectivity index (χ1v) is 12.5. The van der Waals surface area contributed by atoms with E-state index in [1.54, 1.807) is 30.3 Å². The minimum Gasteiger partial charge on any atom is -0.345 e. The fourth-order valence-corrected chi connectivity index (χ4v) is 5.59. The molecule has 0 spiro atoms. The van der Waals surface area contributed by atoms with Gasteiger partial charge in [-0.2, -0.15) is 0 Å². The van der Waals surface area contributed by atoms with E-state index >= 15 is 0 Å². The van der Waals surface area contributed by atoms with Gasteiger partial charge in [-0.15, -0.1) is 11.3 Å². The van der Waals surface area contributed by atoms with E-state index in [1.165, 1.54) is 34.8 Å². The standard InChI is InChI=1S/C24H21ClN2O3S2/c1-16(17-6-4-3-5-7-17)26-24(28)23-15-18-14-20(10-13-22(18)31-23)27(2)32(29,30)21-11-8-19(25)9-12-21/h3-16H,1-2H3,(H,26,28)/t16-/m0/s1. The number of carbonyl (C=O) groups excluding carboxylic acids is 1. The molecule has 5 nitrogen and oxygen atoms in total. The number of sulfonamides is 1. The number of rotatable bonds is 6. The van der Waals surface area contributed by atoms with E-state index in [1.807, 2.05) is 43.3 Å². The van der Waals surface area contributed by atoms with Crippen molar-refractivity contribution in [3.63, 3.8) is 0 Å². The summed E-state index contributed by atoms with van der Waals surface area (Å²) >= 11 is 7.25. The zero-order chi connectivity index (χ0) is 22.9. The van der Waals surface area contributed by atoms with Gasteiger partial charge in [0.25, 0.3) is 15.9 Å². The van der Waals surface area contributed by atoms with Crippen LogP contribution < -0.4 is 9.62 Å². The zero-order valence-electron chi connectivity index (χ0n) is 17.4. The molecule has 0 aliphatic rings. The lowest BCUT2D eigenvalue weighted by Crippen LogP contribution is -2.26. The second kappa shape index (κ2) is 8.94. The molecule has 1 heterocycles. The molecule has 0 unspecified atom stereocenters. The largest absolute Gasteiger partial charge is 0.345 e. The number of nitrogens with one attached hydrogen (secondary N) is 1. The van der Waals surface area contributed by atoms with Gasteiger partial charge in [-0.25, -0.2) is 8.42 Å². The minimum absolute atomic E-state index is 0.125. The third-order valence-corrected chi connectivity index (χ3v) is 8.37. The smallest absolute Gasteiger partial charge is 0.264 e. The van der Waals surface area contributed by atoms with Crippen LogP contribution in [0.5, 0.6) is 0 Å². The molecule has 0 aliphatic carbocycles. The van der Waals surface area contributed by atoms with Crippen LogP contribution in [-0.4, -0.2) is 21.4 Å². The van der Waals surface area contributed by atoms with E-state index in [0.717, 1.165) is 15.6 Å². The number of fused-ring (bicyclic) bond motifs is 1. The molecule has 1 atom stereocenters. The second-order valence-electron chi connectivity index (χ2n) is 7.37. The van der Waals surface area contributed by atoms with Crippen molar-refractivity contribution in [1.82, 2.24) is 5.32 Å². The van der Waals surface area contributed by atoms with Gasteiger partial charge in [-0.05, 0) is 66.4 Å². The van der Waals surface area contributed by atoms with Crippen molar-refractivity contribution in [3.05, 3.63) is 94.3 Å². The number of carbonyl (C=O) groups is 1. The molecule has 0 saturated carbocycles. The maximum Gasteiger partial charge on any atom is 0.264 e. The van der Waals surface area contributed by atoms with E-state index in [0.29, 0.717) is 15.6 Å². The molecule has 0 fully saturated rings. The van der Waals surface area contributed by atoms with Gasteiger partial charge in [0.2, 0.25) is 0 Å². The number of thiophene rings is 1. The lowest BCUT2D eigenvalue weighted by atomic mass is 10.1. The maximum absolute atomic E-state index is 13.0. The topological polar surface area (TPSA) is 66.5 Å². The Morgan fingerprint density at radius 3 is 2.38 bits per heavy atom. The highest BCUT2D eigenvalue weighted by molar-refractivity contribution is 7.92. The van der Waals surface area contributed by atoms with Crippen molar-refractivity contribution in [2.75, 3.05) is 11.4 Å². The molecule has 0 radical (unpaired) electrons. The van der Waals surface area contributed by atoms with Crippen molar-refractivity contribution in [3.8, 4) is 0 Å². The molecular formula is C24H21ClN2O3S2. The third kappa shape index (κ3) is 4.50. The number of amides is 1. The van der Waals surface area contributed by atoms with Gasteiger partial charge in [0.05, 0.1) is 21.5 Å². The number of benzene rings is 3. The zero-order valence-corrected chi connectivity index (χ0v) is 19.8. The Balaban J connectivity index is 1.57. The molecule has 32 heavy (non-hydrogen) atoms. The second-order valence-corrected chi connectivity index (χ2v) is 10.9. The van der Waals surface area contributed by atoms with Crippen LogP contribution in [0.25, 0.3) is 10.1 Å². The molecular weight excluding hydrogens is 464 g/mol. The number of hydrogen-bond acceptors (Lipinski definition) is 4. The Labute approximate surface area is 196 Å². The van der Waals surface area contributed by atoms with Gasteiger partial charge < -0.3 is 5.32 Å². The molecule has 1 aromatic heterocycles. The van der Waals surface area contributed by atoms with Gasteiger partial charge in [0.1, 0.15) is 0 Å². The van der Waals surface area contributed by atoms with Crippen molar-refractivity contribution in [2.24, 2.45) is 0 Å². The minimum atomic E-state index is -3.73. The van der Waals surface area contributed by atoms with Crippen molar-refractivity contribution in [2.45, 2.75) is 17.9 Å². The lowest BCUT2D eigenvalue weighted by molar-refractivity contribution is 0.0944. The summed E-state index contributed by atoms with van der Waals surface area (Å²) in [7, 11) is -2.23. The number of nitrogens with zero attached hydrogens (tertiary/aromatic N) is 1. The lowest BCUT2D eigenvalue weighted by Gasteiger charge is -2.19. The first-order valence-electron chi connectivity index (χ1n) is 9.89. The molecule has 1 N–H and O–H groups in total. The van der Waals surface area contributed by atoms with E-state index in [-0.39, 0.29) is 16.8 Å². The maximum atomic E-state index is 13.0. The molecule has 0 aliphatic heterocycles. The van der Waals surface area contributed by atoms with Crippen LogP contribution >= 0.6 is 22.9 Å². The summed E-state index contributed by atoms with van der Waals surface area (Å²) in [5, 5.41) is 4.29. The molecule has 0 bridgehead atoms. The molecule has 164 valence electrons. The Bertz CT molecular complexity index is 1370. The number of hydrogen-bond donors (Lipinski definition) is 1. The predicted molar refractivity (Wildman–Crippen MR) is 131 cm³/mol. The van der Waals surface area contributed by atoms with Crippen LogP contribution in [0.2, 0.25) is 5.02 Å². The fourth-order valence-electron chi connectivity index (χ4n) is 3.33. The van der Waals surface area contributed by atoms with Gasteiger partial charge in [0.15, 0.2) is 0 Å². The molecule has 1 amide bonds. The van der Waals surface area contributed by atoms with Crippen LogP contribution in [0.4, 0.5) is 5.69 Å². The molecule has 0 saturated heterocycles. The SMILES string of the molecule is C[C@H](NC(=O)c1cc2cc(N(C)S(=O)(=O)c3ccc(Cl)cc3)ccc2s1)c1ccccc1. The summed E-state index contributed by atoms with van der Waals surface area (Å²) in [5.41, 5.74) is 1.54. The highest BCUT2D eigenvalue weighted by Crippen LogP contribution is 2.31. The van der Waals surface area contributed by atoms with E-state index < -0.39 is 10.0 Å². The predicted octanol–water partition coefficient (Wildman–Crippen LogP) is 5.87. The number of anilines is 1. The molecule has 8 heteroatoms. The van der Waals surface area contributed by atoms with Gasteiger partial charge in [0, 0.05) is 16.8 Å². The average Bonchev–Trinajstić information content (AvgIpc) is 3.23. The van der Waals surface area contributed by atoms with Crippen LogP contribution in [0.3, 0.4) is 0 Å². The van der Waals surface area contributed by atoms with Crippen LogP contribution in [-0.2, 0) is 10.0 Å². The monoisotopic (exact) mass is 484 g/mol. The first-order chi connectivity index (χ1) is 15.3. The molecule has 4 aromatic rings. The Hall–Kier alpha value is -2.87. The van der Waals surface area contributed by atoms with Crippen molar-refractivity contribution >= 4 is 54.6 Å². The van der Waals surface area contributed by atoms with Gasteiger partial charge in [-0.1, -0.05) is 41.9 Å². The summed E-state index contributed by atoms with van der Waals surface area (Å²) in [5.74, 6) is -0.161. The summed E-state index contributed by atoms with van der Waals surface area (Å²) in [6.07, 6.45) is 0. The normalized spacial score (nSPS) is 12.5. The Morgan fingerprint density at radius 2 is 1.69 bits per heavy atom. The van der Waals surface area contributed by atoms with Gasteiger partial charge in [-0.3, -0.25) is 9.10 Å². The highest BCUT2D eigenvalue weighted by Gasteiger charge is 2.22. The average molecular weight is 485 g/mol. The first kappa shape index (κ1) is 22.3. The Kier molecular flexibility index (Phi) is 6.24. The number of halogens is 1. The van der Waals surface area contributed by atoms with Crippen LogP contribution in [0, 0.1) is 0 Å². The summed E-state index contributed by atoms with van der Waals surface area (Å²) in [6, 6.07) is 22.8. The quantitative estimate of drug-likeness (QED) is 0.372. The molecule has 3 aromatic carbocycles. The summed E-state index contributed by atoms with van der Waals surface area (Å²) in [4.78, 5) is 13.5.